The van der Waals surface area contributed by atoms with E-state index in [9.17, 15) is 4.79 Å². The number of ether oxygens (including phenoxy) is 1. The van der Waals surface area contributed by atoms with Gasteiger partial charge in [-0.3, -0.25) is 9.69 Å². The first kappa shape index (κ1) is 18.8. The number of hydrogen-bond acceptors (Lipinski definition) is 6. The van der Waals surface area contributed by atoms with Crippen molar-refractivity contribution in [2.24, 2.45) is 0 Å². The number of carbonyl (C=O) groups is 1. The maximum atomic E-state index is 10.9. The predicted molar refractivity (Wildman–Crippen MR) is 101 cm³/mol. The zero-order chi connectivity index (χ0) is 18.4. The number of carboxylic acid groups (broad SMARTS) is 1. The molecule has 1 aliphatic rings. The van der Waals surface area contributed by atoms with Crippen LogP contribution in [0.2, 0.25) is 0 Å². The summed E-state index contributed by atoms with van der Waals surface area (Å²) < 4.78 is 5.72. The average molecular weight is 375 g/mol. The molecule has 0 saturated heterocycles. The molecule has 1 saturated carbocycles. The normalized spacial score (nSPS) is 19.3. The van der Waals surface area contributed by atoms with E-state index in [-0.39, 0.29) is 6.54 Å². The van der Waals surface area contributed by atoms with Gasteiger partial charge in [0.05, 0.1) is 12.2 Å². The summed E-state index contributed by atoms with van der Waals surface area (Å²) in [6.07, 6.45) is 1.99. The second kappa shape index (κ2) is 9.12. The largest absolute Gasteiger partial charge is 0.486 e. The molecule has 3 rings (SSSR count). The molecule has 0 radical (unpaired) electrons. The summed E-state index contributed by atoms with van der Waals surface area (Å²) in [5, 5.41) is 15.5. The number of thiazole rings is 1. The van der Waals surface area contributed by atoms with Crippen molar-refractivity contribution in [2.75, 3.05) is 13.1 Å². The van der Waals surface area contributed by atoms with E-state index in [1.165, 1.54) is 0 Å². The van der Waals surface area contributed by atoms with E-state index in [4.69, 9.17) is 9.84 Å². The first-order chi connectivity index (χ1) is 12.6. The van der Waals surface area contributed by atoms with E-state index in [1.807, 2.05) is 42.2 Å². The van der Waals surface area contributed by atoms with Crippen molar-refractivity contribution in [1.29, 1.82) is 0 Å². The number of aliphatic carboxylic acids is 1. The quantitative estimate of drug-likeness (QED) is 0.665. The van der Waals surface area contributed by atoms with Crippen LogP contribution in [0.15, 0.2) is 35.7 Å². The molecule has 140 valence electrons. The van der Waals surface area contributed by atoms with Crippen molar-refractivity contribution in [2.45, 2.75) is 45.0 Å². The topological polar surface area (TPSA) is 74.7 Å². The van der Waals surface area contributed by atoms with Crippen LogP contribution in [0.4, 0.5) is 0 Å². The minimum atomic E-state index is -0.754. The second-order valence-electron chi connectivity index (χ2n) is 6.49. The van der Waals surface area contributed by atoms with Gasteiger partial charge in [0.25, 0.3) is 0 Å². The summed E-state index contributed by atoms with van der Waals surface area (Å²) in [4.78, 5) is 17.5. The molecular formula is C19H25N3O3S. The van der Waals surface area contributed by atoms with Crippen molar-refractivity contribution in [3.8, 4) is 5.75 Å². The fourth-order valence-corrected chi connectivity index (χ4v) is 3.84. The summed E-state index contributed by atoms with van der Waals surface area (Å²) in [6, 6.07) is 10.6. The molecule has 1 heterocycles. The van der Waals surface area contributed by atoms with E-state index in [1.54, 1.807) is 11.3 Å². The predicted octanol–water partition coefficient (Wildman–Crippen LogP) is 2.75. The Kier molecular flexibility index (Phi) is 6.60. The van der Waals surface area contributed by atoms with Crippen LogP contribution in [0.5, 0.6) is 5.75 Å². The highest BCUT2D eigenvalue weighted by Gasteiger charge is 2.33. The van der Waals surface area contributed by atoms with Gasteiger partial charge in [0.15, 0.2) is 0 Å². The van der Waals surface area contributed by atoms with Crippen LogP contribution in [0, 0.1) is 0 Å². The number of benzene rings is 1. The number of para-hydroxylation sites is 1. The third-order valence-electron chi connectivity index (χ3n) is 4.65. The van der Waals surface area contributed by atoms with Gasteiger partial charge in [0.1, 0.15) is 17.4 Å². The number of nitrogens with zero attached hydrogens (tertiary/aromatic N) is 2. The molecule has 1 aromatic heterocycles. The molecule has 0 bridgehead atoms. The Hall–Kier alpha value is -1.96. The molecule has 0 amide bonds. The Morgan fingerprint density at radius 2 is 2.15 bits per heavy atom. The highest BCUT2D eigenvalue weighted by molar-refractivity contribution is 7.09. The molecule has 0 unspecified atom stereocenters. The van der Waals surface area contributed by atoms with Crippen LogP contribution < -0.4 is 10.1 Å². The van der Waals surface area contributed by atoms with Gasteiger partial charge in [-0.25, -0.2) is 4.98 Å². The van der Waals surface area contributed by atoms with E-state index in [2.05, 4.69) is 15.7 Å². The van der Waals surface area contributed by atoms with Crippen molar-refractivity contribution in [3.05, 3.63) is 46.4 Å². The maximum absolute atomic E-state index is 10.9. The second-order valence-corrected chi connectivity index (χ2v) is 7.44. The Balaban J connectivity index is 1.37. The molecule has 1 fully saturated rings. The summed E-state index contributed by atoms with van der Waals surface area (Å²) >= 11 is 1.61. The molecular weight excluding hydrogens is 350 g/mol. The standard InChI is InChI=1S/C19H25N3O3S/c1-2-22(11-19(23)24)16-8-14(9-16)20-10-15-13-26-18(21-15)12-25-17-6-4-3-5-7-17/h3-7,13-14,16,20H,2,8-12H2,1H3,(H,23,24). The fourth-order valence-electron chi connectivity index (χ4n) is 3.13. The summed E-state index contributed by atoms with van der Waals surface area (Å²) in [7, 11) is 0. The molecule has 2 aromatic rings. The smallest absolute Gasteiger partial charge is 0.317 e. The van der Waals surface area contributed by atoms with E-state index in [0.29, 0.717) is 18.7 Å². The number of carboxylic acids is 1. The lowest BCUT2D eigenvalue weighted by Crippen LogP contribution is -2.53. The molecule has 7 heteroatoms. The van der Waals surface area contributed by atoms with Gasteiger partial charge in [-0.2, -0.15) is 0 Å². The first-order valence-corrected chi connectivity index (χ1v) is 9.82. The molecule has 1 aliphatic carbocycles. The van der Waals surface area contributed by atoms with Crippen LogP contribution in [0.1, 0.15) is 30.5 Å². The Labute approximate surface area is 157 Å². The highest BCUT2D eigenvalue weighted by Crippen LogP contribution is 2.26. The van der Waals surface area contributed by atoms with Gasteiger partial charge in [0.2, 0.25) is 0 Å². The van der Waals surface area contributed by atoms with Crippen molar-refractivity contribution in [1.82, 2.24) is 15.2 Å². The number of aromatic nitrogens is 1. The van der Waals surface area contributed by atoms with Crippen molar-refractivity contribution >= 4 is 17.3 Å². The monoisotopic (exact) mass is 375 g/mol. The molecule has 0 spiro atoms. The maximum Gasteiger partial charge on any atom is 0.317 e. The lowest BCUT2D eigenvalue weighted by molar-refractivity contribution is -0.139. The van der Waals surface area contributed by atoms with Crippen molar-refractivity contribution < 1.29 is 14.6 Å². The number of rotatable bonds is 10. The van der Waals surface area contributed by atoms with Crippen LogP contribution in [0.3, 0.4) is 0 Å². The van der Waals surface area contributed by atoms with Crippen LogP contribution in [0.25, 0.3) is 0 Å². The number of nitrogens with one attached hydrogen (secondary N) is 1. The third kappa shape index (κ3) is 5.27. The average Bonchev–Trinajstić information content (AvgIpc) is 3.06. The van der Waals surface area contributed by atoms with Crippen LogP contribution in [-0.4, -0.2) is 46.1 Å². The lowest BCUT2D eigenvalue weighted by atomic mass is 9.85. The summed E-state index contributed by atoms with van der Waals surface area (Å²) in [5.41, 5.74) is 1.03. The van der Waals surface area contributed by atoms with Gasteiger partial charge in [-0.05, 0) is 31.5 Å². The fraction of sp³-hybridized carbons (Fsp3) is 0.474. The Morgan fingerprint density at radius 1 is 1.38 bits per heavy atom. The molecule has 0 aliphatic heterocycles. The molecule has 0 atom stereocenters. The van der Waals surface area contributed by atoms with Gasteiger partial charge in [0, 0.05) is 24.0 Å². The SMILES string of the molecule is CCN(CC(=O)O)C1CC(NCc2csc(COc3ccccc3)n2)C1. The van der Waals surface area contributed by atoms with Crippen LogP contribution >= 0.6 is 11.3 Å². The van der Waals surface area contributed by atoms with Gasteiger partial charge in [-0.15, -0.1) is 11.3 Å². The number of likely N-dealkylation sites (N-methyl/N-ethyl adjacent to an activating group) is 1. The minimum Gasteiger partial charge on any atom is -0.486 e. The Bertz CT molecular complexity index is 701. The zero-order valence-electron chi connectivity index (χ0n) is 14.9. The van der Waals surface area contributed by atoms with Crippen molar-refractivity contribution in [3.63, 3.8) is 0 Å². The summed E-state index contributed by atoms with van der Waals surface area (Å²) in [5.74, 6) is 0.0979. The molecule has 1 aromatic carbocycles. The number of hydrogen-bond donors (Lipinski definition) is 2. The minimum absolute atomic E-state index is 0.130. The van der Waals surface area contributed by atoms with E-state index in [0.717, 1.165) is 42.4 Å². The third-order valence-corrected chi connectivity index (χ3v) is 5.52. The summed E-state index contributed by atoms with van der Waals surface area (Å²) in [6.45, 7) is 4.15. The zero-order valence-corrected chi connectivity index (χ0v) is 15.7. The van der Waals surface area contributed by atoms with Gasteiger partial charge < -0.3 is 15.2 Å². The lowest BCUT2D eigenvalue weighted by Gasteiger charge is -2.42. The molecule has 2 N–H and O–H groups in total. The first-order valence-electron chi connectivity index (χ1n) is 8.94. The molecule has 26 heavy (non-hydrogen) atoms. The molecule has 6 nitrogen and oxygen atoms in total. The highest BCUT2D eigenvalue weighted by atomic mass is 32.1. The van der Waals surface area contributed by atoms with Crippen LogP contribution in [-0.2, 0) is 17.9 Å². The van der Waals surface area contributed by atoms with Gasteiger partial charge >= 0.3 is 5.97 Å². The Morgan fingerprint density at radius 3 is 2.85 bits per heavy atom. The van der Waals surface area contributed by atoms with Gasteiger partial charge in [-0.1, -0.05) is 25.1 Å². The van der Waals surface area contributed by atoms with E-state index >= 15 is 0 Å². The van der Waals surface area contributed by atoms with E-state index < -0.39 is 5.97 Å².